The number of rotatable bonds is 5. The summed E-state index contributed by atoms with van der Waals surface area (Å²) in [4.78, 5) is 10.3. The van der Waals surface area contributed by atoms with E-state index in [-0.39, 0.29) is 18.8 Å². The van der Waals surface area contributed by atoms with Crippen LogP contribution < -0.4 is 4.72 Å². The van der Waals surface area contributed by atoms with Crippen LogP contribution >= 0.6 is 0 Å². The summed E-state index contributed by atoms with van der Waals surface area (Å²) in [5, 5.41) is 22.9. The highest BCUT2D eigenvalue weighted by atomic mass is 32.2. The fraction of sp³-hybridized carbons (Fsp3) is 0.429. The number of aromatic carboxylic acids is 1. The minimum atomic E-state index is -3.97. The Morgan fingerprint density at radius 2 is 2.19 bits per heavy atom. The predicted octanol–water partition coefficient (Wildman–Crippen LogP) is -1.31. The van der Waals surface area contributed by atoms with Gasteiger partial charge >= 0.3 is 5.97 Å². The van der Waals surface area contributed by atoms with E-state index in [0.29, 0.717) is 0 Å². The van der Waals surface area contributed by atoms with Crippen molar-refractivity contribution in [3.05, 3.63) is 11.4 Å². The van der Waals surface area contributed by atoms with Gasteiger partial charge in [0.05, 0.1) is 12.3 Å². The Labute approximate surface area is 91.3 Å². The molecule has 0 spiro atoms. The molecule has 1 heterocycles. The minimum Gasteiger partial charge on any atom is -0.476 e. The van der Waals surface area contributed by atoms with Gasteiger partial charge in [0.15, 0.2) is 5.69 Å². The zero-order valence-electron chi connectivity index (χ0n) is 8.39. The summed E-state index contributed by atoms with van der Waals surface area (Å²) in [5.74, 6) is -1.44. The second-order valence-electron chi connectivity index (χ2n) is 2.95. The van der Waals surface area contributed by atoms with Crippen LogP contribution in [0.15, 0.2) is 4.90 Å². The molecule has 9 heteroatoms. The van der Waals surface area contributed by atoms with Crippen LogP contribution in [0.2, 0.25) is 0 Å². The van der Waals surface area contributed by atoms with Crippen LogP contribution in [0.25, 0.3) is 0 Å². The lowest BCUT2D eigenvalue weighted by Gasteiger charge is -2.04. The molecule has 0 bridgehead atoms. The highest BCUT2D eigenvalue weighted by Crippen LogP contribution is 2.16. The van der Waals surface area contributed by atoms with Gasteiger partial charge in [-0.05, 0) is 6.92 Å². The Bertz CT molecular complexity index is 492. The fourth-order valence-corrected chi connectivity index (χ4v) is 2.49. The van der Waals surface area contributed by atoms with Crippen molar-refractivity contribution in [1.82, 2.24) is 14.9 Å². The highest BCUT2D eigenvalue weighted by Gasteiger charge is 2.27. The van der Waals surface area contributed by atoms with Gasteiger partial charge in [0, 0.05) is 6.54 Å². The average Bonchev–Trinajstić information content (AvgIpc) is 2.58. The molecule has 0 aliphatic rings. The van der Waals surface area contributed by atoms with Gasteiger partial charge in [-0.15, -0.1) is 0 Å². The van der Waals surface area contributed by atoms with Crippen molar-refractivity contribution in [1.29, 1.82) is 0 Å². The first-order valence-electron chi connectivity index (χ1n) is 4.29. The van der Waals surface area contributed by atoms with Crippen LogP contribution in [0.5, 0.6) is 0 Å². The quantitative estimate of drug-likeness (QED) is 0.512. The monoisotopic (exact) mass is 249 g/mol. The molecule has 1 aromatic heterocycles. The number of aliphatic hydroxyl groups is 1. The molecule has 0 amide bonds. The number of aliphatic hydroxyl groups excluding tert-OH is 1. The molecule has 1 rings (SSSR count). The summed E-state index contributed by atoms with van der Waals surface area (Å²) < 4.78 is 25.4. The van der Waals surface area contributed by atoms with Crippen molar-refractivity contribution in [3.8, 4) is 0 Å². The van der Waals surface area contributed by atoms with Crippen LogP contribution in [0, 0.1) is 6.92 Å². The lowest BCUT2D eigenvalue weighted by Crippen LogP contribution is -2.28. The van der Waals surface area contributed by atoms with Gasteiger partial charge in [-0.1, -0.05) is 0 Å². The summed E-state index contributed by atoms with van der Waals surface area (Å²) in [6.45, 7) is 0.831. The third-order valence-electron chi connectivity index (χ3n) is 1.77. The third-order valence-corrected chi connectivity index (χ3v) is 3.39. The SMILES string of the molecule is Cc1[nH]nc(C(=O)O)c1S(=O)(=O)NCCO. The molecule has 0 atom stereocenters. The minimum absolute atomic E-state index is 0.128. The Kier molecular flexibility index (Phi) is 3.62. The highest BCUT2D eigenvalue weighted by molar-refractivity contribution is 7.89. The Balaban J connectivity index is 3.21. The maximum Gasteiger partial charge on any atom is 0.357 e. The molecule has 0 aliphatic heterocycles. The molecule has 1 aromatic rings. The molecule has 0 aliphatic carbocycles. The first-order valence-corrected chi connectivity index (χ1v) is 5.77. The Morgan fingerprint density at radius 3 is 2.69 bits per heavy atom. The zero-order chi connectivity index (χ0) is 12.3. The molecular weight excluding hydrogens is 238 g/mol. The van der Waals surface area contributed by atoms with Crippen molar-refractivity contribution in [2.45, 2.75) is 11.8 Å². The number of hydrogen-bond donors (Lipinski definition) is 4. The van der Waals surface area contributed by atoms with E-state index >= 15 is 0 Å². The molecule has 0 saturated carbocycles. The van der Waals surface area contributed by atoms with Gasteiger partial charge in [0.1, 0.15) is 4.90 Å². The molecule has 0 fully saturated rings. The number of carboxylic acid groups (broad SMARTS) is 1. The number of aromatic amines is 1. The summed E-state index contributed by atoms with van der Waals surface area (Å²) >= 11 is 0. The third kappa shape index (κ3) is 2.38. The summed E-state index contributed by atoms with van der Waals surface area (Å²) in [5.41, 5.74) is -0.439. The van der Waals surface area contributed by atoms with E-state index in [9.17, 15) is 13.2 Å². The smallest absolute Gasteiger partial charge is 0.357 e. The summed E-state index contributed by atoms with van der Waals surface area (Å²) in [6, 6.07) is 0. The summed E-state index contributed by atoms with van der Waals surface area (Å²) in [6.07, 6.45) is 0. The number of sulfonamides is 1. The zero-order valence-corrected chi connectivity index (χ0v) is 9.21. The molecular formula is C7H11N3O5S. The number of nitrogens with zero attached hydrogens (tertiary/aromatic N) is 1. The number of carbonyl (C=O) groups is 1. The molecule has 0 aromatic carbocycles. The van der Waals surface area contributed by atoms with Crippen molar-refractivity contribution < 1.29 is 23.4 Å². The van der Waals surface area contributed by atoms with E-state index in [4.69, 9.17) is 10.2 Å². The van der Waals surface area contributed by atoms with Crippen LogP contribution in [0.1, 0.15) is 16.2 Å². The molecule has 0 saturated heterocycles. The van der Waals surface area contributed by atoms with Gasteiger partial charge in [0.25, 0.3) is 0 Å². The molecule has 0 radical (unpaired) electrons. The Hall–Kier alpha value is -1.45. The molecule has 0 unspecified atom stereocenters. The number of H-pyrrole nitrogens is 1. The maximum absolute atomic E-state index is 11.7. The van der Waals surface area contributed by atoms with Gasteiger partial charge in [-0.25, -0.2) is 17.9 Å². The molecule has 90 valence electrons. The van der Waals surface area contributed by atoms with E-state index in [2.05, 4.69) is 10.2 Å². The number of carboxylic acids is 1. The van der Waals surface area contributed by atoms with Crippen molar-refractivity contribution in [2.24, 2.45) is 0 Å². The second-order valence-corrected chi connectivity index (χ2v) is 4.66. The second kappa shape index (κ2) is 4.60. The van der Waals surface area contributed by atoms with E-state index < -0.39 is 26.6 Å². The van der Waals surface area contributed by atoms with Crippen molar-refractivity contribution >= 4 is 16.0 Å². The lowest BCUT2D eigenvalue weighted by atomic mass is 10.4. The standard InChI is InChI=1S/C7H11N3O5S/c1-4-6(5(7(12)13)10-9-4)16(14,15)8-2-3-11/h8,11H,2-3H2,1H3,(H,9,10)(H,12,13). The Morgan fingerprint density at radius 1 is 1.56 bits per heavy atom. The van der Waals surface area contributed by atoms with Gasteiger partial charge in [-0.3, -0.25) is 5.10 Å². The average molecular weight is 249 g/mol. The maximum atomic E-state index is 11.7. The van der Waals surface area contributed by atoms with Crippen LogP contribution in [0.3, 0.4) is 0 Å². The van der Waals surface area contributed by atoms with Crippen LogP contribution in [-0.2, 0) is 10.0 Å². The predicted molar refractivity (Wildman–Crippen MR) is 52.6 cm³/mol. The summed E-state index contributed by atoms with van der Waals surface area (Å²) in [7, 11) is -3.97. The lowest BCUT2D eigenvalue weighted by molar-refractivity contribution is 0.0686. The van der Waals surface area contributed by atoms with Gasteiger partial charge in [-0.2, -0.15) is 5.10 Å². The molecule has 8 nitrogen and oxygen atoms in total. The molecule has 16 heavy (non-hydrogen) atoms. The van der Waals surface area contributed by atoms with Gasteiger partial charge in [0.2, 0.25) is 10.0 Å². The van der Waals surface area contributed by atoms with Crippen LogP contribution in [-0.4, -0.2) is 47.9 Å². The van der Waals surface area contributed by atoms with Gasteiger partial charge < -0.3 is 10.2 Å². The topological polar surface area (TPSA) is 132 Å². The molecule has 4 N–H and O–H groups in total. The van der Waals surface area contributed by atoms with Crippen molar-refractivity contribution in [3.63, 3.8) is 0 Å². The fourth-order valence-electron chi connectivity index (χ4n) is 1.14. The number of aryl methyl sites for hydroxylation is 1. The first kappa shape index (κ1) is 12.6. The van der Waals surface area contributed by atoms with E-state index in [1.807, 2.05) is 4.72 Å². The number of nitrogens with one attached hydrogen (secondary N) is 2. The number of aromatic nitrogens is 2. The van der Waals surface area contributed by atoms with E-state index in [0.717, 1.165) is 0 Å². The first-order chi connectivity index (χ1) is 7.40. The van der Waals surface area contributed by atoms with E-state index in [1.54, 1.807) is 0 Å². The van der Waals surface area contributed by atoms with E-state index in [1.165, 1.54) is 6.92 Å². The van der Waals surface area contributed by atoms with Crippen molar-refractivity contribution in [2.75, 3.05) is 13.2 Å². The number of hydrogen-bond acceptors (Lipinski definition) is 5. The normalized spacial score (nSPS) is 11.6. The van der Waals surface area contributed by atoms with Crippen LogP contribution in [0.4, 0.5) is 0 Å². The largest absolute Gasteiger partial charge is 0.476 e.